The second-order valence-corrected chi connectivity index (χ2v) is 7.25. The third kappa shape index (κ3) is 4.34. The molecule has 29 heavy (non-hydrogen) atoms. The van der Waals surface area contributed by atoms with Crippen LogP contribution in [-0.4, -0.2) is 44.4 Å². The molecule has 0 bridgehead atoms. The van der Waals surface area contributed by atoms with Crippen molar-refractivity contribution < 1.29 is 9.59 Å². The van der Waals surface area contributed by atoms with Gasteiger partial charge in [-0.25, -0.2) is 0 Å². The van der Waals surface area contributed by atoms with Crippen LogP contribution in [0.5, 0.6) is 0 Å². The second-order valence-electron chi connectivity index (χ2n) is 7.25. The number of fused-ring (bicyclic) bond motifs is 1. The minimum atomic E-state index is -0.108. The van der Waals surface area contributed by atoms with Gasteiger partial charge in [0.2, 0.25) is 11.8 Å². The van der Waals surface area contributed by atoms with E-state index in [0.29, 0.717) is 6.54 Å². The minimum Gasteiger partial charge on any atom is -0.338 e. The van der Waals surface area contributed by atoms with Gasteiger partial charge in [-0.05, 0) is 48.7 Å². The molecule has 1 unspecified atom stereocenters. The molecule has 1 aliphatic rings. The number of benzene rings is 1. The fourth-order valence-electron chi connectivity index (χ4n) is 3.68. The Morgan fingerprint density at radius 3 is 2.76 bits per heavy atom. The van der Waals surface area contributed by atoms with Crippen LogP contribution in [0, 0.1) is 0 Å². The van der Waals surface area contributed by atoms with Crippen LogP contribution < -0.4 is 5.32 Å². The number of nitrogens with zero attached hydrogens (tertiary/aromatic N) is 4. The van der Waals surface area contributed by atoms with Crippen LogP contribution in [0.1, 0.15) is 37.1 Å². The van der Waals surface area contributed by atoms with Gasteiger partial charge >= 0.3 is 0 Å². The number of pyridine rings is 1. The highest BCUT2D eigenvalue weighted by atomic mass is 16.2. The highest BCUT2D eigenvalue weighted by molar-refractivity contribution is 5.92. The Kier molecular flexibility index (Phi) is 5.37. The van der Waals surface area contributed by atoms with E-state index in [4.69, 9.17) is 0 Å². The number of piperidine rings is 1. The number of anilines is 1. The van der Waals surface area contributed by atoms with Crippen molar-refractivity contribution in [3.63, 3.8) is 0 Å². The monoisotopic (exact) mass is 389 g/mol. The summed E-state index contributed by atoms with van der Waals surface area (Å²) in [5.41, 5.74) is 2.47. The Labute approximate surface area is 169 Å². The third-order valence-corrected chi connectivity index (χ3v) is 5.09. The van der Waals surface area contributed by atoms with E-state index in [1.54, 1.807) is 12.2 Å². The SMILES string of the molecule is CC(=O)Nc1ccc(/C=C/C(=O)N2CCCC(c3nnc4ccccn34)C2)cc1. The molecule has 1 atom stereocenters. The van der Waals surface area contributed by atoms with E-state index in [1.807, 2.05) is 58.0 Å². The number of carbonyl (C=O) groups is 2. The molecule has 1 N–H and O–H groups in total. The largest absolute Gasteiger partial charge is 0.338 e. The molecule has 1 aromatic carbocycles. The highest BCUT2D eigenvalue weighted by Gasteiger charge is 2.26. The molecule has 7 nitrogen and oxygen atoms in total. The molecule has 0 radical (unpaired) electrons. The predicted molar refractivity (Wildman–Crippen MR) is 111 cm³/mol. The van der Waals surface area contributed by atoms with Crippen LogP contribution in [0.4, 0.5) is 5.69 Å². The number of likely N-dealkylation sites (tertiary alicyclic amines) is 1. The predicted octanol–water partition coefficient (Wildman–Crippen LogP) is 3.11. The molecule has 1 aliphatic heterocycles. The summed E-state index contributed by atoms with van der Waals surface area (Å²) in [5, 5.41) is 11.3. The number of hydrogen-bond acceptors (Lipinski definition) is 4. The van der Waals surface area contributed by atoms with Gasteiger partial charge in [0.1, 0.15) is 5.82 Å². The second kappa shape index (κ2) is 8.26. The standard InChI is InChI=1S/C22H23N5O2/c1-16(28)23-19-10-7-17(8-11-19)9-12-21(29)26-13-4-5-18(15-26)22-25-24-20-6-2-3-14-27(20)22/h2-3,6-12,14,18H,4-5,13,15H2,1H3,(H,23,28)/b12-9+. The molecule has 2 amide bonds. The van der Waals surface area contributed by atoms with Crippen LogP contribution in [0.3, 0.4) is 0 Å². The van der Waals surface area contributed by atoms with Crippen molar-refractivity contribution in [1.82, 2.24) is 19.5 Å². The first-order chi connectivity index (χ1) is 14.1. The average molecular weight is 389 g/mol. The number of carbonyl (C=O) groups excluding carboxylic acids is 2. The molecule has 1 saturated heterocycles. The summed E-state index contributed by atoms with van der Waals surface area (Å²) in [6, 6.07) is 13.2. The van der Waals surface area contributed by atoms with Crippen molar-refractivity contribution in [3.05, 3.63) is 66.1 Å². The zero-order valence-electron chi connectivity index (χ0n) is 16.3. The van der Waals surface area contributed by atoms with E-state index < -0.39 is 0 Å². The third-order valence-electron chi connectivity index (χ3n) is 5.09. The normalized spacial score (nSPS) is 17.0. The Balaban J connectivity index is 1.42. The molecule has 3 heterocycles. The Morgan fingerprint density at radius 1 is 1.14 bits per heavy atom. The van der Waals surface area contributed by atoms with Gasteiger partial charge in [-0.2, -0.15) is 0 Å². The lowest BCUT2D eigenvalue weighted by atomic mass is 9.97. The summed E-state index contributed by atoms with van der Waals surface area (Å²) < 4.78 is 2.01. The maximum absolute atomic E-state index is 12.7. The van der Waals surface area contributed by atoms with Crippen LogP contribution >= 0.6 is 0 Å². The van der Waals surface area contributed by atoms with Crippen molar-refractivity contribution in [2.24, 2.45) is 0 Å². The highest BCUT2D eigenvalue weighted by Crippen LogP contribution is 2.26. The van der Waals surface area contributed by atoms with Crippen LogP contribution in [0.15, 0.2) is 54.7 Å². The first-order valence-electron chi connectivity index (χ1n) is 9.74. The summed E-state index contributed by atoms with van der Waals surface area (Å²) in [6.45, 7) is 2.86. The zero-order chi connectivity index (χ0) is 20.2. The zero-order valence-corrected chi connectivity index (χ0v) is 16.3. The maximum Gasteiger partial charge on any atom is 0.246 e. The lowest BCUT2D eigenvalue weighted by Gasteiger charge is -2.31. The fraction of sp³-hybridized carbons (Fsp3) is 0.273. The van der Waals surface area contributed by atoms with Gasteiger partial charge < -0.3 is 10.2 Å². The van der Waals surface area contributed by atoms with Gasteiger partial charge in [-0.1, -0.05) is 18.2 Å². The quantitative estimate of drug-likeness (QED) is 0.696. The number of amides is 2. The fourth-order valence-corrected chi connectivity index (χ4v) is 3.68. The smallest absolute Gasteiger partial charge is 0.246 e. The van der Waals surface area contributed by atoms with E-state index in [2.05, 4.69) is 15.5 Å². The van der Waals surface area contributed by atoms with Gasteiger partial charge in [0, 0.05) is 43.9 Å². The van der Waals surface area contributed by atoms with Crippen LogP contribution in [0.25, 0.3) is 11.7 Å². The summed E-state index contributed by atoms with van der Waals surface area (Å²) in [5.74, 6) is 0.976. The van der Waals surface area contributed by atoms with Crippen molar-refractivity contribution in [2.45, 2.75) is 25.7 Å². The van der Waals surface area contributed by atoms with Gasteiger partial charge in [-0.15, -0.1) is 10.2 Å². The topological polar surface area (TPSA) is 79.6 Å². The van der Waals surface area contributed by atoms with E-state index in [9.17, 15) is 9.59 Å². The molecule has 4 rings (SSSR count). The maximum atomic E-state index is 12.7. The minimum absolute atomic E-state index is 0.00513. The van der Waals surface area contributed by atoms with E-state index in [0.717, 1.165) is 42.1 Å². The Hall–Kier alpha value is -3.48. The van der Waals surface area contributed by atoms with Crippen molar-refractivity contribution in [2.75, 3.05) is 18.4 Å². The van der Waals surface area contributed by atoms with E-state index >= 15 is 0 Å². The first-order valence-corrected chi connectivity index (χ1v) is 9.74. The Bertz CT molecular complexity index is 1050. The summed E-state index contributed by atoms with van der Waals surface area (Å²) >= 11 is 0. The van der Waals surface area contributed by atoms with Crippen LogP contribution in [0.2, 0.25) is 0 Å². The molecule has 3 aromatic rings. The molecular formula is C22H23N5O2. The van der Waals surface area contributed by atoms with E-state index in [1.165, 1.54) is 6.92 Å². The summed E-state index contributed by atoms with van der Waals surface area (Å²) in [7, 11) is 0. The number of aromatic nitrogens is 3. The van der Waals surface area contributed by atoms with Crippen LogP contribution in [-0.2, 0) is 9.59 Å². The van der Waals surface area contributed by atoms with Gasteiger partial charge in [-0.3, -0.25) is 14.0 Å². The van der Waals surface area contributed by atoms with E-state index in [-0.39, 0.29) is 17.7 Å². The van der Waals surface area contributed by atoms with Crippen molar-refractivity contribution >= 4 is 29.2 Å². The molecule has 0 saturated carbocycles. The summed E-state index contributed by atoms with van der Waals surface area (Å²) in [4.78, 5) is 25.7. The lowest BCUT2D eigenvalue weighted by Crippen LogP contribution is -2.38. The average Bonchev–Trinajstić information content (AvgIpc) is 3.17. The number of rotatable bonds is 4. The molecule has 0 aliphatic carbocycles. The number of hydrogen-bond donors (Lipinski definition) is 1. The van der Waals surface area contributed by atoms with Gasteiger partial charge in [0.15, 0.2) is 5.65 Å². The summed E-state index contributed by atoms with van der Waals surface area (Å²) in [6.07, 6.45) is 7.31. The first kappa shape index (κ1) is 18.9. The molecule has 2 aromatic heterocycles. The Morgan fingerprint density at radius 2 is 1.97 bits per heavy atom. The molecule has 148 valence electrons. The molecule has 1 fully saturated rings. The molecule has 7 heteroatoms. The molecular weight excluding hydrogens is 366 g/mol. The molecule has 0 spiro atoms. The van der Waals surface area contributed by atoms with Crippen molar-refractivity contribution in [3.8, 4) is 0 Å². The lowest BCUT2D eigenvalue weighted by molar-refractivity contribution is -0.127. The number of nitrogens with one attached hydrogen (secondary N) is 1. The van der Waals surface area contributed by atoms with Crippen molar-refractivity contribution in [1.29, 1.82) is 0 Å². The van der Waals surface area contributed by atoms with Gasteiger partial charge in [0.05, 0.1) is 0 Å². The van der Waals surface area contributed by atoms with Gasteiger partial charge in [0.25, 0.3) is 0 Å².